The molecule has 30 heavy (non-hydrogen) atoms. The maximum atomic E-state index is 10.4. The Bertz CT molecular complexity index is 645. The van der Waals surface area contributed by atoms with Crippen LogP contribution in [0.5, 0.6) is 0 Å². The fraction of sp³-hybridized carbons (Fsp3) is 1.00. The summed E-state index contributed by atoms with van der Waals surface area (Å²) in [5.41, 5.74) is 0.908. The number of epoxide rings is 1. The number of hydrogen-bond donors (Lipinski definition) is 1. The molecule has 1 saturated heterocycles. The minimum absolute atomic E-state index is 0.0395. The molecule has 172 valence electrons. The molecular weight excluding hydrogens is 368 g/mol. The van der Waals surface area contributed by atoms with Crippen LogP contribution in [0.4, 0.5) is 0 Å². The molecule has 5 rings (SSSR count). The largest absolute Gasteiger partial charge is 0.393 e. The molecule has 5 aliphatic rings. The number of aliphatic hydroxyl groups excluding tert-OH is 1. The molecule has 4 aliphatic carbocycles. The zero-order valence-electron chi connectivity index (χ0n) is 20.5. The van der Waals surface area contributed by atoms with E-state index in [4.69, 9.17) is 4.74 Å². The van der Waals surface area contributed by atoms with Crippen LogP contribution in [-0.2, 0) is 4.74 Å². The van der Waals surface area contributed by atoms with Gasteiger partial charge in [0.1, 0.15) is 5.60 Å². The number of rotatable bonds is 5. The van der Waals surface area contributed by atoms with Crippen molar-refractivity contribution in [3.05, 3.63) is 0 Å². The lowest BCUT2D eigenvalue weighted by atomic mass is 9.41. The first kappa shape index (κ1) is 21.7. The van der Waals surface area contributed by atoms with Crippen LogP contribution < -0.4 is 0 Å². The van der Waals surface area contributed by atoms with Gasteiger partial charge in [0.05, 0.1) is 12.2 Å². The van der Waals surface area contributed by atoms with Crippen molar-refractivity contribution in [2.24, 2.45) is 46.3 Å². The average molecular weight is 417 g/mol. The Kier molecular flexibility index (Phi) is 5.42. The molecule has 0 aromatic rings. The third kappa shape index (κ3) is 3.09. The summed E-state index contributed by atoms with van der Waals surface area (Å²) in [6.07, 6.45) is 16.2. The molecule has 5 fully saturated rings. The highest BCUT2D eigenvalue weighted by Gasteiger charge is 2.75. The van der Waals surface area contributed by atoms with E-state index in [1.54, 1.807) is 0 Å². The van der Waals surface area contributed by atoms with E-state index < -0.39 is 0 Å². The van der Waals surface area contributed by atoms with E-state index in [2.05, 4.69) is 34.6 Å². The third-order valence-electron chi connectivity index (χ3n) is 11.5. The SMILES string of the molecule is CC(C)CCC[C@@H](C)[C@H]1CCC[C@H]2[C@H]3C[C@H]4O[C@@]45C[C@@H](O)CC[C@]5(C)[C@@H]3CC[C@]12C. The third-order valence-corrected chi connectivity index (χ3v) is 11.5. The second kappa shape index (κ2) is 7.47. The van der Waals surface area contributed by atoms with Crippen molar-refractivity contribution >= 4 is 0 Å². The summed E-state index contributed by atoms with van der Waals surface area (Å²) < 4.78 is 6.54. The number of hydrogen-bond acceptors (Lipinski definition) is 2. The van der Waals surface area contributed by atoms with Gasteiger partial charge in [-0.25, -0.2) is 0 Å². The van der Waals surface area contributed by atoms with E-state index in [1.807, 2.05) is 0 Å². The zero-order chi connectivity index (χ0) is 21.3. The minimum Gasteiger partial charge on any atom is -0.393 e. The summed E-state index contributed by atoms with van der Waals surface area (Å²) >= 11 is 0. The van der Waals surface area contributed by atoms with Crippen LogP contribution >= 0.6 is 0 Å². The summed E-state index contributed by atoms with van der Waals surface area (Å²) in [6.45, 7) is 12.6. The predicted octanol–water partition coefficient (Wildman–Crippen LogP) is 6.99. The zero-order valence-corrected chi connectivity index (χ0v) is 20.5. The van der Waals surface area contributed by atoms with Gasteiger partial charge in [0, 0.05) is 11.8 Å². The molecule has 2 nitrogen and oxygen atoms in total. The lowest BCUT2D eigenvalue weighted by molar-refractivity contribution is -0.145. The van der Waals surface area contributed by atoms with E-state index in [-0.39, 0.29) is 11.7 Å². The molecule has 1 heterocycles. The minimum atomic E-state index is -0.126. The fourth-order valence-electron chi connectivity index (χ4n) is 9.88. The van der Waals surface area contributed by atoms with E-state index in [0.29, 0.717) is 16.9 Å². The van der Waals surface area contributed by atoms with E-state index in [0.717, 1.165) is 48.3 Å². The monoisotopic (exact) mass is 416 g/mol. The van der Waals surface area contributed by atoms with E-state index in [9.17, 15) is 5.11 Å². The second-order valence-electron chi connectivity index (χ2n) is 13.3. The Morgan fingerprint density at radius 1 is 0.967 bits per heavy atom. The van der Waals surface area contributed by atoms with Crippen LogP contribution in [0.15, 0.2) is 0 Å². The van der Waals surface area contributed by atoms with Gasteiger partial charge in [-0.15, -0.1) is 0 Å². The van der Waals surface area contributed by atoms with Gasteiger partial charge in [0.15, 0.2) is 0 Å². The molecule has 0 aromatic heterocycles. The van der Waals surface area contributed by atoms with Crippen LogP contribution in [0, 0.1) is 46.3 Å². The first-order chi connectivity index (χ1) is 14.2. The number of aliphatic hydroxyl groups is 1. The van der Waals surface area contributed by atoms with Gasteiger partial charge < -0.3 is 9.84 Å². The molecular formula is C28H48O2. The standard InChI is InChI=1S/C28H48O2/c1-18(2)8-6-9-19(3)22-10-7-11-23-21-16-25-28(30-25)17-20(29)12-15-27(28,5)24(21)13-14-26(22,23)4/h18-25,29H,6-17H2,1-5H3/t19-,20+,21-,22-,23+,24-,25-,26-,27-,28+/m1/s1. The molecule has 2 heteroatoms. The number of fused-ring (bicyclic) bond motifs is 4. The number of ether oxygens (including phenoxy) is 1. The smallest absolute Gasteiger partial charge is 0.103 e. The van der Waals surface area contributed by atoms with E-state index in [1.165, 1.54) is 64.2 Å². The van der Waals surface area contributed by atoms with Gasteiger partial charge in [0.25, 0.3) is 0 Å². The van der Waals surface area contributed by atoms with Gasteiger partial charge in [0.2, 0.25) is 0 Å². The first-order valence-electron chi connectivity index (χ1n) is 13.6. The van der Waals surface area contributed by atoms with Gasteiger partial charge in [-0.05, 0) is 85.9 Å². The van der Waals surface area contributed by atoms with Crippen molar-refractivity contribution in [1.82, 2.24) is 0 Å². The van der Waals surface area contributed by atoms with Crippen molar-refractivity contribution in [1.29, 1.82) is 0 Å². The van der Waals surface area contributed by atoms with Crippen LogP contribution in [0.1, 0.15) is 112 Å². The van der Waals surface area contributed by atoms with Gasteiger partial charge in [-0.1, -0.05) is 60.3 Å². The molecule has 0 aromatic carbocycles. The van der Waals surface area contributed by atoms with Gasteiger partial charge >= 0.3 is 0 Å². The van der Waals surface area contributed by atoms with Gasteiger partial charge in [-0.3, -0.25) is 0 Å². The topological polar surface area (TPSA) is 32.8 Å². The Hall–Kier alpha value is -0.0800. The van der Waals surface area contributed by atoms with Crippen LogP contribution in [0.2, 0.25) is 0 Å². The highest BCUT2D eigenvalue weighted by atomic mass is 16.6. The lowest BCUT2D eigenvalue weighted by Gasteiger charge is -2.63. The van der Waals surface area contributed by atoms with Crippen molar-refractivity contribution < 1.29 is 9.84 Å². The quantitative estimate of drug-likeness (QED) is 0.490. The molecule has 0 bridgehead atoms. The van der Waals surface area contributed by atoms with Crippen molar-refractivity contribution in [2.45, 2.75) is 129 Å². The molecule has 4 saturated carbocycles. The normalized spacial score (nSPS) is 53.3. The molecule has 0 amide bonds. The molecule has 0 unspecified atom stereocenters. The van der Waals surface area contributed by atoms with Crippen molar-refractivity contribution in [2.75, 3.05) is 0 Å². The van der Waals surface area contributed by atoms with Crippen molar-refractivity contribution in [3.8, 4) is 0 Å². The summed E-state index contributed by atoms with van der Waals surface area (Å²) in [6, 6.07) is 0. The summed E-state index contributed by atoms with van der Waals surface area (Å²) in [7, 11) is 0. The maximum absolute atomic E-state index is 10.4. The van der Waals surface area contributed by atoms with Crippen LogP contribution in [-0.4, -0.2) is 22.9 Å². The Balaban J connectivity index is 1.35. The lowest BCUT2D eigenvalue weighted by Crippen LogP contribution is -2.60. The van der Waals surface area contributed by atoms with E-state index >= 15 is 0 Å². The summed E-state index contributed by atoms with van der Waals surface area (Å²) in [5.74, 6) is 5.27. The Labute approximate surface area is 185 Å². The van der Waals surface area contributed by atoms with Crippen molar-refractivity contribution in [3.63, 3.8) is 0 Å². The molecule has 1 spiro atoms. The predicted molar refractivity (Wildman–Crippen MR) is 123 cm³/mol. The first-order valence-corrected chi connectivity index (χ1v) is 13.6. The molecule has 0 radical (unpaired) electrons. The molecule has 1 aliphatic heterocycles. The highest BCUT2D eigenvalue weighted by Crippen LogP contribution is 2.73. The summed E-state index contributed by atoms with van der Waals surface area (Å²) in [5, 5.41) is 10.4. The van der Waals surface area contributed by atoms with Crippen LogP contribution in [0.25, 0.3) is 0 Å². The fourth-order valence-corrected chi connectivity index (χ4v) is 9.88. The Morgan fingerprint density at radius 2 is 1.77 bits per heavy atom. The highest BCUT2D eigenvalue weighted by molar-refractivity contribution is 5.23. The van der Waals surface area contributed by atoms with Crippen LogP contribution in [0.3, 0.4) is 0 Å². The average Bonchev–Trinajstić information content (AvgIpc) is 3.38. The molecule has 10 atom stereocenters. The second-order valence-corrected chi connectivity index (χ2v) is 13.3. The maximum Gasteiger partial charge on any atom is 0.103 e. The summed E-state index contributed by atoms with van der Waals surface area (Å²) in [4.78, 5) is 0. The molecule has 1 N–H and O–H groups in total. The Morgan fingerprint density at radius 3 is 2.53 bits per heavy atom. The van der Waals surface area contributed by atoms with Gasteiger partial charge in [-0.2, -0.15) is 0 Å².